The maximum atomic E-state index is 10.9. The molecule has 0 fully saturated rings. The molecule has 0 bridgehead atoms. The smallest absolute Gasteiger partial charge is 0.229 e. The predicted molar refractivity (Wildman–Crippen MR) is 128 cm³/mol. The molecule has 0 spiro atoms. The monoisotopic (exact) mass is 425 g/mol. The summed E-state index contributed by atoms with van der Waals surface area (Å²) in [5.74, 6) is 1.11. The lowest BCUT2D eigenvalue weighted by Crippen LogP contribution is -2.40. The predicted octanol–water partition coefficient (Wildman–Crippen LogP) is 3.07. The highest BCUT2D eigenvalue weighted by atomic mass is 16.5. The Kier molecular flexibility index (Phi) is 10.6. The van der Waals surface area contributed by atoms with E-state index >= 15 is 0 Å². The molecule has 0 unspecified atom stereocenters. The second kappa shape index (κ2) is 12.9. The summed E-state index contributed by atoms with van der Waals surface area (Å²) in [5, 5.41) is 11.8. The largest absolute Gasteiger partial charge is 0.385 e. The van der Waals surface area contributed by atoms with Gasteiger partial charge in [-0.15, -0.1) is 5.10 Å². The molecule has 1 aliphatic rings. The van der Waals surface area contributed by atoms with Crippen LogP contribution in [0.1, 0.15) is 25.0 Å². The van der Waals surface area contributed by atoms with E-state index in [0.29, 0.717) is 23.2 Å². The Morgan fingerprint density at radius 3 is 2.61 bits per heavy atom. The number of aliphatic imine (C=N–C) groups is 1. The van der Waals surface area contributed by atoms with E-state index in [-0.39, 0.29) is 0 Å². The van der Waals surface area contributed by atoms with Crippen molar-refractivity contribution in [1.29, 1.82) is 0 Å². The number of nitrogens with zero attached hydrogens (tertiary/aromatic N) is 6. The molecular weight excluding hydrogens is 394 g/mol. The van der Waals surface area contributed by atoms with Crippen LogP contribution >= 0.6 is 0 Å². The number of amidine groups is 1. The molecule has 31 heavy (non-hydrogen) atoms. The number of ether oxygens (including phenoxy) is 1. The van der Waals surface area contributed by atoms with Crippen LogP contribution in [0.3, 0.4) is 0 Å². The van der Waals surface area contributed by atoms with Crippen molar-refractivity contribution in [2.45, 2.75) is 20.8 Å². The molecule has 0 aliphatic carbocycles. The molecule has 0 saturated heterocycles. The van der Waals surface area contributed by atoms with E-state index in [1.165, 1.54) is 6.08 Å². The van der Waals surface area contributed by atoms with Gasteiger partial charge in [-0.3, -0.25) is 9.69 Å². The zero-order valence-corrected chi connectivity index (χ0v) is 19.1. The van der Waals surface area contributed by atoms with Crippen molar-refractivity contribution in [2.75, 3.05) is 27.8 Å². The molecule has 1 heterocycles. The molecule has 1 aliphatic heterocycles. The number of methoxy groups -OCH3 is 1. The average molecular weight is 426 g/mol. The summed E-state index contributed by atoms with van der Waals surface area (Å²) in [4.78, 5) is 19.1. The van der Waals surface area contributed by atoms with Crippen molar-refractivity contribution in [3.05, 3.63) is 53.4 Å². The van der Waals surface area contributed by atoms with Gasteiger partial charge < -0.3 is 9.64 Å². The molecule has 9 heteroatoms. The van der Waals surface area contributed by atoms with Gasteiger partial charge in [0.2, 0.25) is 5.96 Å². The number of hydrogen-bond acceptors (Lipinski definition) is 6. The van der Waals surface area contributed by atoms with Gasteiger partial charge in [0, 0.05) is 45.8 Å². The molecule has 0 atom stereocenters. The summed E-state index contributed by atoms with van der Waals surface area (Å²) in [6.07, 6.45) is 3.73. The van der Waals surface area contributed by atoms with Gasteiger partial charge in [0.05, 0.1) is 17.6 Å². The standard InChI is InChI=1S/C19H23N7O.C3H8O/c1-13-7-8-16(18(23-20-4)25(5)6)11-17(13)22-19-24-21-12-15(3)26(19)14(2)9-10-27;1-3-4-2/h7-12H,3-4H2,1-2,5-6H3,(H,22,24);3H2,1-2H3/b14-9+,23-18-;. The Morgan fingerprint density at radius 1 is 1.39 bits per heavy atom. The van der Waals surface area contributed by atoms with Gasteiger partial charge in [0.25, 0.3) is 0 Å². The number of allylic oxidation sites excluding steroid dienone is 3. The number of rotatable bonds is 6. The normalized spacial score (nSPS) is 15.2. The van der Waals surface area contributed by atoms with E-state index < -0.39 is 0 Å². The van der Waals surface area contributed by atoms with Crippen molar-refractivity contribution in [3.8, 4) is 0 Å². The first-order valence-corrected chi connectivity index (χ1v) is 9.60. The van der Waals surface area contributed by atoms with Crippen molar-refractivity contribution in [2.24, 2.45) is 20.3 Å². The minimum atomic E-state index is 0.448. The van der Waals surface area contributed by atoms with Gasteiger partial charge in [0.15, 0.2) is 5.84 Å². The Balaban J connectivity index is 0.00000110. The van der Waals surface area contributed by atoms with Crippen LogP contribution < -0.4 is 5.43 Å². The van der Waals surface area contributed by atoms with Crippen molar-refractivity contribution >= 4 is 36.7 Å². The number of benzene rings is 1. The van der Waals surface area contributed by atoms with Gasteiger partial charge >= 0.3 is 0 Å². The van der Waals surface area contributed by atoms with Crippen LogP contribution in [0.25, 0.3) is 0 Å². The number of hydrazone groups is 1. The topological polar surface area (TPSA) is 94.2 Å². The molecule has 1 N–H and O–H groups in total. The lowest BCUT2D eigenvalue weighted by Gasteiger charge is -2.28. The first-order valence-electron chi connectivity index (χ1n) is 9.60. The third kappa shape index (κ3) is 7.31. The zero-order chi connectivity index (χ0) is 23.4. The van der Waals surface area contributed by atoms with E-state index in [4.69, 9.17) is 4.99 Å². The van der Waals surface area contributed by atoms with Crippen molar-refractivity contribution in [1.82, 2.24) is 15.2 Å². The quantitative estimate of drug-likeness (QED) is 0.249. The molecule has 0 aromatic heterocycles. The third-order valence-electron chi connectivity index (χ3n) is 4.11. The van der Waals surface area contributed by atoms with Gasteiger partial charge in [-0.1, -0.05) is 18.7 Å². The van der Waals surface area contributed by atoms with E-state index in [2.05, 4.69) is 38.8 Å². The number of hydrogen-bond donors (Lipinski definition) is 1. The molecule has 0 radical (unpaired) electrons. The van der Waals surface area contributed by atoms with E-state index in [0.717, 1.165) is 29.7 Å². The van der Waals surface area contributed by atoms with Gasteiger partial charge in [-0.05, 0) is 38.5 Å². The summed E-state index contributed by atoms with van der Waals surface area (Å²) < 4.78 is 4.54. The molecule has 9 nitrogen and oxygen atoms in total. The molecule has 0 amide bonds. The fourth-order valence-corrected chi connectivity index (χ4v) is 2.51. The average Bonchev–Trinajstić information content (AvgIpc) is 2.74. The first-order chi connectivity index (χ1) is 14.8. The Bertz CT molecular complexity index is 912. The van der Waals surface area contributed by atoms with Crippen LogP contribution in [0.2, 0.25) is 0 Å². The highest BCUT2D eigenvalue weighted by molar-refractivity contribution is 6.00. The van der Waals surface area contributed by atoms with Gasteiger partial charge in [-0.2, -0.15) is 10.2 Å². The van der Waals surface area contributed by atoms with Crippen LogP contribution in [-0.2, 0) is 9.53 Å². The molecule has 2 rings (SSSR count). The van der Waals surface area contributed by atoms with Gasteiger partial charge in [-0.25, -0.2) is 10.4 Å². The maximum Gasteiger partial charge on any atom is 0.229 e. The second-order valence-electron chi connectivity index (χ2n) is 6.61. The SMILES string of the molecule is C=N/N=C(/c1ccc(C)c(N=C2NN=CC(=C)N2/C(C)=C/C=O)c1)N(C)C.CCOC. The summed E-state index contributed by atoms with van der Waals surface area (Å²) in [6, 6.07) is 5.81. The summed E-state index contributed by atoms with van der Waals surface area (Å²) >= 11 is 0. The van der Waals surface area contributed by atoms with Crippen LogP contribution in [0, 0.1) is 6.92 Å². The summed E-state index contributed by atoms with van der Waals surface area (Å²) in [6.45, 7) is 13.9. The maximum absolute atomic E-state index is 10.9. The Hall–Kier alpha value is -3.59. The Labute approximate surface area is 184 Å². The number of carbonyl (C=O) groups is 1. The molecule has 166 valence electrons. The molecule has 1 aromatic rings. The van der Waals surface area contributed by atoms with Crippen LogP contribution in [0.15, 0.2) is 62.5 Å². The Morgan fingerprint density at radius 2 is 2.06 bits per heavy atom. The lowest BCUT2D eigenvalue weighted by molar-refractivity contribution is -0.104. The number of aryl methyl sites for hydroxylation is 1. The van der Waals surface area contributed by atoms with E-state index in [1.54, 1.807) is 25.1 Å². The fraction of sp³-hybridized carbons (Fsp3) is 0.318. The van der Waals surface area contributed by atoms with Crippen LogP contribution in [-0.4, -0.2) is 68.6 Å². The highest BCUT2D eigenvalue weighted by Gasteiger charge is 2.20. The first kappa shape index (κ1) is 25.4. The van der Waals surface area contributed by atoms with E-state index in [9.17, 15) is 4.79 Å². The summed E-state index contributed by atoms with van der Waals surface area (Å²) in [5.41, 5.74) is 6.68. The van der Waals surface area contributed by atoms with Crippen LogP contribution in [0.5, 0.6) is 0 Å². The number of guanidine groups is 1. The lowest BCUT2D eigenvalue weighted by atomic mass is 10.1. The summed E-state index contributed by atoms with van der Waals surface area (Å²) in [7, 11) is 5.44. The zero-order valence-electron chi connectivity index (χ0n) is 19.1. The highest BCUT2D eigenvalue weighted by Crippen LogP contribution is 2.24. The van der Waals surface area contributed by atoms with Crippen molar-refractivity contribution in [3.63, 3.8) is 0 Å². The fourth-order valence-electron chi connectivity index (χ4n) is 2.51. The molecule has 0 saturated carbocycles. The van der Waals surface area contributed by atoms with E-state index in [1.807, 2.05) is 51.0 Å². The second-order valence-corrected chi connectivity index (χ2v) is 6.61. The number of aldehydes is 1. The third-order valence-corrected chi connectivity index (χ3v) is 4.11. The minimum absolute atomic E-state index is 0.448. The van der Waals surface area contributed by atoms with Crippen molar-refractivity contribution < 1.29 is 9.53 Å². The molecular formula is C22H31N7O2. The minimum Gasteiger partial charge on any atom is -0.385 e. The number of carbonyl (C=O) groups excluding carboxylic acids is 1. The van der Waals surface area contributed by atoms with Gasteiger partial charge in [0.1, 0.15) is 6.29 Å². The number of nitrogens with one attached hydrogen (secondary N) is 1. The molecule has 1 aromatic carbocycles. The van der Waals surface area contributed by atoms with Crippen LogP contribution in [0.4, 0.5) is 5.69 Å².